The van der Waals surface area contributed by atoms with Gasteiger partial charge in [-0.1, -0.05) is 34.1 Å². The minimum atomic E-state index is 0.215. The molecule has 1 aromatic carbocycles. The van der Waals surface area contributed by atoms with Gasteiger partial charge in [-0.15, -0.1) is 0 Å². The smallest absolute Gasteiger partial charge is 0.227 e. The summed E-state index contributed by atoms with van der Waals surface area (Å²) in [5.74, 6) is 0.597. The molecule has 4 rings (SSSR count). The van der Waals surface area contributed by atoms with Crippen LogP contribution in [-0.2, 0) is 11.3 Å². The average Bonchev–Trinajstić information content (AvgIpc) is 3.11. The van der Waals surface area contributed by atoms with E-state index in [4.69, 9.17) is 0 Å². The summed E-state index contributed by atoms with van der Waals surface area (Å²) in [5.41, 5.74) is 1.22. The van der Waals surface area contributed by atoms with Gasteiger partial charge in [0.05, 0.1) is 5.92 Å². The van der Waals surface area contributed by atoms with Gasteiger partial charge in [0, 0.05) is 29.1 Å². The van der Waals surface area contributed by atoms with Crippen LogP contribution in [0.15, 0.2) is 28.7 Å². The van der Waals surface area contributed by atoms with Gasteiger partial charge in [0.25, 0.3) is 0 Å². The van der Waals surface area contributed by atoms with Crippen LogP contribution in [-0.4, -0.2) is 28.9 Å². The highest BCUT2D eigenvalue weighted by atomic mass is 79.9. The molecule has 4 heteroatoms. The Morgan fingerprint density at radius 1 is 1.24 bits per heavy atom. The molecule has 21 heavy (non-hydrogen) atoms. The summed E-state index contributed by atoms with van der Waals surface area (Å²) in [6, 6.07) is 9.75. The first-order valence-corrected chi connectivity index (χ1v) is 8.81. The first-order valence-electron chi connectivity index (χ1n) is 8.02. The molecule has 2 saturated heterocycles. The lowest BCUT2D eigenvalue weighted by Crippen LogP contribution is -2.41. The van der Waals surface area contributed by atoms with Crippen molar-refractivity contribution >= 4 is 21.8 Å². The zero-order valence-corrected chi connectivity index (χ0v) is 13.7. The minimum Gasteiger partial charge on any atom is -0.335 e. The number of halogens is 1. The van der Waals surface area contributed by atoms with Gasteiger partial charge in [-0.2, -0.15) is 0 Å². The molecule has 1 N–H and O–H groups in total. The topological polar surface area (TPSA) is 32.3 Å². The third-order valence-corrected chi connectivity index (χ3v) is 5.96. The second-order valence-electron chi connectivity index (χ2n) is 6.68. The number of amides is 1. The molecule has 3 unspecified atom stereocenters. The maximum absolute atomic E-state index is 13.0. The Hall–Kier alpha value is -0.870. The highest BCUT2D eigenvalue weighted by molar-refractivity contribution is 9.10. The molecule has 2 heterocycles. The van der Waals surface area contributed by atoms with Crippen LogP contribution in [0.25, 0.3) is 0 Å². The molecule has 3 aliphatic rings. The van der Waals surface area contributed by atoms with E-state index in [1.807, 2.05) is 6.07 Å². The SMILES string of the molecule is O=C(C1CC2CCC1N2)N(Cc1ccccc1Br)C1CC1. The van der Waals surface area contributed by atoms with E-state index in [-0.39, 0.29) is 5.92 Å². The molecule has 1 aliphatic carbocycles. The molecule has 0 aromatic heterocycles. The fourth-order valence-corrected chi connectivity index (χ4v) is 4.30. The van der Waals surface area contributed by atoms with Crippen molar-refractivity contribution in [2.75, 3.05) is 0 Å². The summed E-state index contributed by atoms with van der Waals surface area (Å²) in [7, 11) is 0. The number of rotatable bonds is 4. The van der Waals surface area contributed by atoms with Gasteiger partial charge in [0.1, 0.15) is 0 Å². The van der Waals surface area contributed by atoms with E-state index in [1.54, 1.807) is 0 Å². The summed E-state index contributed by atoms with van der Waals surface area (Å²) >= 11 is 3.61. The highest BCUT2D eigenvalue weighted by Gasteiger charge is 2.46. The van der Waals surface area contributed by atoms with Crippen molar-refractivity contribution in [2.45, 2.75) is 56.8 Å². The van der Waals surface area contributed by atoms with Gasteiger partial charge in [-0.3, -0.25) is 4.79 Å². The Kier molecular flexibility index (Phi) is 3.54. The van der Waals surface area contributed by atoms with Gasteiger partial charge in [-0.25, -0.2) is 0 Å². The quantitative estimate of drug-likeness (QED) is 0.906. The predicted octanol–water partition coefficient (Wildman–Crippen LogP) is 3.08. The van der Waals surface area contributed by atoms with Crippen molar-refractivity contribution in [3.8, 4) is 0 Å². The maximum Gasteiger partial charge on any atom is 0.227 e. The average molecular weight is 349 g/mol. The number of fused-ring (bicyclic) bond motifs is 2. The van der Waals surface area contributed by atoms with E-state index >= 15 is 0 Å². The maximum atomic E-state index is 13.0. The van der Waals surface area contributed by atoms with E-state index in [2.05, 4.69) is 44.3 Å². The van der Waals surface area contributed by atoms with E-state index < -0.39 is 0 Å². The number of nitrogens with one attached hydrogen (secondary N) is 1. The zero-order chi connectivity index (χ0) is 14.4. The lowest BCUT2D eigenvalue weighted by atomic mass is 9.88. The molecule has 1 amide bonds. The van der Waals surface area contributed by atoms with Crippen molar-refractivity contribution in [3.05, 3.63) is 34.3 Å². The molecular weight excluding hydrogens is 328 g/mol. The van der Waals surface area contributed by atoms with Gasteiger partial charge in [0.15, 0.2) is 0 Å². The lowest BCUT2D eigenvalue weighted by molar-refractivity contribution is -0.137. The van der Waals surface area contributed by atoms with Gasteiger partial charge in [0.2, 0.25) is 5.91 Å². The fourth-order valence-electron chi connectivity index (χ4n) is 3.89. The Labute approximate surface area is 134 Å². The molecule has 0 spiro atoms. The van der Waals surface area contributed by atoms with Crippen LogP contribution in [0.1, 0.15) is 37.7 Å². The monoisotopic (exact) mass is 348 g/mol. The van der Waals surface area contributed by atoms with Crippen LogP contribution in [0.3, 0.4) is 0 Å². The summed E-state index contributed by atoms with van der Waals surface area (Å²) in [5, 5.41) is 3.59. The van der Waals surface area contributed by atoms with Crippen LogP contribution < -0.4 is 5.32 Å². The lowest BCUT2D eigenvalue weighted by Gasteiger charge is -2.29. The zero-order valence-electron chi connectivity index (χ0n) is 12.1. The van der Waals surface area contributed by atoms with Crippen molar-refractivity contribution in [1.29, 1.82) is 0 Å². The molecule has 3 fully saturated rings. The Morgan fingerprint density at radius 3 is 2.67 bits per heavy atom. The van der Waals surface area contributed by atoms with E-state index in [0.717, 1.165) is 17.4 Å². The first kappa shape index (κ1) is 13.8. The number of benzene rings is 1. The summed E-state index contributed by atoms with van der Waals surface area (Å²) in [6.45, 7) is 0.749. The van der Waals surface area contributed by atoms with Crippen LogP contribution >= 0.6 is 15.9 Å². The van der Waals surface area contributed by atoms with Crippen LogP contribution in [0.2, 0.25) is 0 Å². The summed E-state index contributed by atoms with van der Waals surface area (Å²) in [6.07, 6.45) is 5.81. The van der Waals surface area contributed by atoms with Crippen LogP contribution in [0, 0.1) is 5.92 Å². The number of hydrogen-bond donors (Lipinski definition) is 1. The standard InChI is InChI=1S/C17H21BrN2O/c18-15-4-2-1-3-11(15)10-20(13-6-7-13)17(21)14-9-12-5-8-16(14)19-12/h1-4,12-14,16,19H,5-10H2. The highest BCUT2D eigenvalue weighted by Crippen LogP contribution is 2.38. The van der Waals surface area contributed by atoms with Crippen molar-refractivity contribution in [3.63, 3.8) is 0 Å². The molecular formula is C17H21BrN2O. The van der Waals surface area contributed by atoms with Crippen LogP contribution in [0.4, 0.5) is 0 Å². The molecule has 2 bridgehead atoms. The molecule has 1 aromatic rings. The third-order valence-electron chi connectivity index (χ3n) is 5.19. The molecule has 3 atom stereocenters. The van der Waals surface area contributed by atoms with E-state index in [1.165, 1.54) is 31.2 Å². The Bertz CT molecular complexity index is 557. The number of carbonyl (C=O) groups excluding carboxylic acids is 1. The second kappa shape index (κ2) is 5.40. The Balaban J connectivity index is 1.52. The largest absolute Gasteiger partial charge is 0.335 e. The molecule has 0 radical (unpaired) electrons. The van der Waals surface area contributed by atoms with Gasteiger partial charge >= 0.3 is 0 Å². The van der Waals surface area contributed by atoms with Crippen molar-refractivity contribution in [2.24, 2.45) is 5.92 Å². The minimum absolute atomic E-state index is 0.215. The van der Waals surface area contributed by atoms with Gasteiger partial charge < -0.3 is 10.2 Å². The summed E-state index contributed by atoms with van der Waals surface area (Å²) in [4.78, 5) is 15.1. The van der Waals surface area contributed by atoms with Crippen molar-refractivity contribution < 1.29 is 4.79 Å². The van der Waals surface area contributed by atoms with Crippen molar-refractivity contribution in [1.82, 2.24) is 10.2 Å². The third kappa shape index (κ3) is 2.64. The number of nitrogens with zero attached hydrogens (tertiary/aromatic N) is 1. The second-order valence-corrected chi connectivity index (χ2v) is 7.53. The molecule has 3 nitrogen and oxygen atoms in total. The van der Waals surface area contributed by atoms with E-state index in [0.29, 0.717) is 24.0 Å². The van der Waals surface area contributed by atoms with E-state index in [9.17, 15) is 4.79 Å². The van der Waals surface area contributed by atoms with Crippen LogP contribution in [0.5, 0.6) is 0 Å². The molecule has 112 valence electrons. The first-order chi connectivity index (χ1) is 10.2. The predicted molar refractivity (Wildman–Crippen MR) is 85.8 cm³/mol. The summed E-state index contributed by atoms with van der Waals surface area (Å²) < 4.78 is 1.11. The Morgan fingerprint density at radius 2 is 2.05 bits per heavy atom. The van der Waals surface area contributed by atoms with Gasteiger partial charge in [-0.05, 0) is 43.7 Å². The molecule has 1 saturated carbocycles. The normalized spacial score (nSPS) is 30.6. The number of carbonyl (C=O) groups is 1. The number of hydrogen-bond acceptors (Lipinski definition) is 2. The fraction of sp³-hybridized carbons (Fsp3) is 0.588. The molecule has 2 aliphatic heterocycles.